The van der Waals surface area contributed by atoms with E-state index in [1.54, 1.807) is 24.3 Å². The lowest BCUT2D eigenvalue weighted by atomic mass is 10.0. The molecule has 3 rings (SSSR count). The molecular formula is C22H22N2O6. The molecule has 1 N–H and O–H groups in total. The molecule has 1 aliphatic heterocycles. The van der Waals surface area contributed by atoms with Gasteiger partial charge in [-0.3, -0.25) is 14.9 Å². The number of ether oxygens (including phenoxy) is 3. The van der Waals surface area contributed by atoms with Crippen molar-refractivity contribution in [1.29, 1.82) is 0 Å². The Morgan fingerprint density at radius 1 is 0.867 bits per heavy atom. The highest BCUT2D eigenvalue weighted by Crippen LogP contribution is 2.39. The number of carbonyl (C=O) groups excluding carboxylic acids is 3. The number of amides is 4. The molecule has 0 unspecified atom stereocenters. The highest BCUT2D eigenvalue weighted by Gasteiger charge is 2.37. The van der Waals surface area contributed by atoms with E-state index in [2.05, 4.69) is 5.32 Å². The summed E-state index contributed by atoms with van der Waals surface area (Å²) < 4.78 is 15.9. The van der Waals surface area contributed by atoms with Gasteiger partial charge in [0.15, 0.2) is 11.5 Å². The highest BCUT2D eigenvalue weighted by molar-refractivity contribution is 6.39. The molecule has 1 fully saturated rings. The number of carbonyl (C=O) groups is 3. The molecule has 0 bridgehead atoms. The van der Waals surface area contributed by atoms with E-state index in [-0.39, 0.29) is 5.57 Å². The number of anilines is 1. The van der Waals surface area contributed by atoms with Crippen LogP contribution in [-0.4, -0.2) is 39.2 Å². The first-order valence-electron chi connectivity index (χ1n) is 9.09. The van der Waals surface area contributed by atoms with Crippen molar-refractivity contribution in [2.45, 2.75) is 13.8 Å². The number of imide groups is 2. The first kappa shape index (κ1) is 20.9. The second-order valence-electron chi connectivity index (χ2n) is 6.69. The maximum absolute atomic E-state index is 13.1. The van der Waals surface area contributed by atoms with Crippen LogP contribution in [0.15, 0.2) is 35.9 Å². The fraction of sp³-hybridized carbons (Fsp3) is 0.227. The quantitative estimate of drug-likeness (QED) is 0.602. The average Bonchev–Trinajstić information content (AvgIpc) is 2.72. The Kier molecular flexibility index (Phi) is 5.77. The summed E-state index contributed by atoms with van der Waals surface area (Å²) in [6.07, 6.45) is 1.38. The second-order valence-corrected chi connectivity index (χ2v) is 6.69. The molecule has 0 aliphatic carbocycles. The van der Waals surface area contributed by atoms with Crippen LogP contribution in [0.2, 0.25) is 0 Å². The zero-order chi connectivity index (χ0) is 22.0. The molecule has 8 heteroatoms. The van der Waals surface area contributed by atoms with Crippen molar-refractivity contribution in [3.8, 4) is 17.2 Å². The predicted molar refractivity (Wildman–Crippen MR) is 111 cm³/mol. The van der Waals surface area contributed by atoms with Gasteiger partial charge in [0.05, 0.1) is 27.0 Å². The average molecular weight is 410 g/mol. The zero-order valence-corrected chi connectivity index (χ0v) is 17.4. The summed E-state index contributed by atoms with van der Waals surface area (Å²) in [5.74, 6) is -0.378. The van der Waals surface area contributed by atoms with Gasteiger partial charge in [0.2, 0.25) is 5.75 Å². The Bertz CT molecular complexity index is 1050. The third-order valence-electron chi connectivity index (χ3n) is 4.85. The molecule has 0 spiro atoms. The summed E-state index contributed by atoms with van der Waals surface area (Å²) in [7, 11) is 4.41. The normalized spacial score (nSPS) is 15.3. The van der Waals surface area contributed by atoms with Crippen LogP contribution in [-0.2, 0) is 9.59 Å². The number of urea groups is 1. The smallest absolute Gasteiger partial charge is 0.335 e. The van der Waals surface area contributed by atoms with Crippen molar-refractivity contribution in [3.05, 3.63) is 52.6 Å². The van der Waals surface area contributed by atoms with E-state index in [9.17, 15) is 14.4 Å². The molecule has 2 aromatic rings. The largest absolute Gasteiger partial charge is 0.493 e. The minimum atomic E-state index is -0.796. The number of nitrogens with one attached hydrogen (secondary N) is 1. The first-order chi connectivity index (χ1) is 14.3. The summed E-state index contributed by atoms with van der Waals surface area (Å²) in [5, 5.41) is 2.21. The van der Waals surface area contributed by atoms with E-state index < -0.39 is 17.8 Å². The summed E-state index contributed by atoms with van der Waals surface area (Å²) in [6, 6.07) is 7.60. The maximum atomic E-state index is 13.1. The molecule has 1 aliphatic rings. The Labute approximate surface area is 174 Å². The number of rotatable bonds is 5. The fourth-order valence-electron chi connectivity index (χ4n) is 3.11. The lowest BCUT2D eigenvalue weighted by molar-refractivity contribution is -0.122. The molecule has 0 saturated carbocycles. The van der Waals surface area contributed by atoms with Gasteiger partial charge in [0.25, 0.3) is 11.8 Å². The first-order valence-corrected chi connectivity index (χ1v) is 9.09. The highest BCUT2D eigenvalue weighted by atomic mass is 16.5. The second kappa shape index (κ2) is 8.28. The van der Waals surface area contributed by atoms with Crippen molar-refractivity contribution in [1.82, 2.24) is 5.32 Å². The predicted octanol–water partition coefficient (Wildman–Crippen LogP) is 3.00. The van der Waals surface area contributed by atoms with Gasteiger partial charge in [0, 0.05) is 0 Å². The van der Waals surface area contributed by atoms with Crippen molar-refractivity contribution < 1.29 is 28.6 Å². The molecule has 1 saturated heterocycles. The third kappa shape index (κ3) is 3.71. The van der Waals surface area contributed by atoms with E-state index in [0.29, 0.717) is 28.5 Å². The molecule has 30 heavy (non-hydrogen) atoms. The number of barbiturate groups is 1. The lowest BCUT2D eigenvalue weighted by Crippen LogP contribution is -2.54. The minimum Gasteiger partial charge on any atom is -0.493 e. The monoisotopic (exact) mass is 410 g/mol. The molecule has 0 radical (unpaired) electrons. The summed E-state index contributed by atoms with van der Waals surface area (Å²) in [6.45, 7) is 3.81. The number of aryl methyl sites for hydroxylation is 2. The molecular weight excluding hydrogens is 388 g/mol. The number of hydrogen-bond acceptors (Lipinski definition) is 6. The van der Waals surface area contributed by atoms with Gasteiger partial charge in [-0.2, -0.15) is 0 Å². The van der Waals surface area contributed by atoms with Gasteiger partial charge in [-0.15, -0.1) is 0 Å². The van der Waals surface area contributed by atoms with Crippen LogP contribution in [0.1, 0.15) is 16.7 Å². The van der Waals surface area contributed by atoms with Crippen LogP contribution in [0, 0.1) is 13.8 Å². The molecule has 4 amide bonds. The van der Waals surface area contributed by atoms with Crippen LogP contribution in [0.4, 0.5) is 10.5 Å². The Hall–Kier alpha value is -3.81. The van der Waals surface area contributed by atoms with Crippen molar-refractivity contribution in [2.75, 3.05) is 26.2 Å². The molecule has 1 heterocycles. The summed E-state index contributed by atoms with van der Waals surface area (Å²) >= 11 is 0. The third-order valence-corrected chi connectivity index (χ3v) is 4.85. The molecule has 156 valence electrons. The van der Waals surface area contributed by atoms with Gasteiger partial charge in [-0.1, -0.05) is 6.07 Å². The standard InChI is InChI=1S/C22H22N2O6/c1-12-6-7-15(8-13(12)2)24-21(26)16(20(25)23-22(24)27)9-14-10-17(28-3)19(30-5)18(11-14)29-4/h6-11H,1-5H3,(H,23,25,27)/b16-9+. The van der Waals surface area contributed by atoms with Crippen LogP contribution < -0.4 is 24.4 Å². The van der Waals surface area contributed by atoms with Gasteiger partial charge < -0.3 is 14.2 Å². The van der Waals surface area contributed by atoms with Gasteiger partial charge in [-0.25, -0.2) is 9.69 Å². The Balaban J connectivity index is 2.07. The van der Waals surface area contributed by atoms with Crippen LogP contribution in [0.5, 0.6) is 17.2 Å². The fourth-order valence-corrected chi connectivity index (χ4v) is 3.11. The summed E-state index contributed by atoms with van der Waals surface area (Å²) in [5.41, 5.74) is 2.59. The van der Waals surface area contributed by atoms with Crippen molar-refractivity contribution in [2.24, 2.45) is 0 Å². The minimum absolute atomic E-state index is 0.192. The number of nitrogens with zero attached hydrogens (tertiary/aromatic N) is 1. The van der Waals surface area contributed by atoms with Crippen LogP contribution in [0.25, 0.3) is 6.08 Å². The lowest BCUT2D eigenvalue weighted by Gasteiger charge is -2.27. The van der Waals surface area contributed by atoms with Crippen molar-refractivity contribution >= 4 is 29.6 Å². The van der Waals surface area contributed by atoms with E-state index in [0.717, 1.165) is 16.0 Å². The van der Waals surface area contributed by atoms with E-state index in [4.69, 9.17) is 14.2 Å². The molecule has 8 nitrogen and oxygen atoms in total. The molecule has 0 atom stereocenters. The summed E-state index contributed by atoms with van der Waals surface area (Å²) in [4.78, 5) is 38.8. The topological polar surface area (TPSA) is 94.2 Å². The zero-order valence-electron chi connectivity index (χ0n) is 17.4. The van der Waals surface area contributed by atoms with Crippen LogP contribution in [0.3, 0.4) is 0 Å². The van der Waals surface area contributed by atoms with E-state index in [1.165, 1.54) is 27.4 Å². The van der Waals surface area contributed by atoms with Crippen LogP contribution >= 0.6 is 0 Å². The number of benzene rings is 2. The van der Waals surface area contributed by atoms with Crippen molar-refractivity contribution in [3.63, 3.8) is 0 Å². The van der Waals surface area contributed by atoms with Gasteiger partial charge in [-0.05, 0) is 60.9 Å². The number of methoxy groups -OCH3 is 3. The Morgan fingerprint density at radius 3 is 2.03 bits per heavy atom. The molecule has 0 aromatic heterocycles. The maximum Gasteiger partial charge on any atom is 0.335 e. The van der Waals surface area contributed by atoms with Gasteiger partial charge >= 0.3 is 6.03 Å². The van der Waals surface area contributed by atoms with E-state index in [1.807, 2.05) is 19.9 Å². The Morgan fingerprint density at radius 2 is 1.50 bits per heavy atom. The SMILES string of the molecule is COc1cc(/C=C2\C(=O)NC(=O)N(c3ccc(C)c(C)c3)C2=O)cc(OC)c1OC. The van der Waals surface area contributed by atoms with Gasteiger partial charge in [0.1, 0.15) is 5.57 Å². The van der Waals surface area contributed by atoms with E-state index >= 15 is 0 Å². The molecule has 2 aromatic carbocycles. The number of hydrogen-bond donors (Lipinski definition) is 1.